The number of aliphatic hydroxyl groups is 1. The number of aromatic nitrogens is 1. The minimum absolute atomic E-state index is 0.0215. The molecule has 1 atom stereocenters. The lowest BCUT2D eigenvalue weighted by Gasteiger charge is -2.25. The molecule has 36 heavy (non-hydrogen) atoms. The summed E-state index contributed by atoms with van der Waals surface area (Å²) in [5, 5.41) is 10.2. The minimum Gasteiger partial charge on any atom is -0.389 e. The molecule has 1 aromatic heterocycles. The number of carbonyl (C=O) groups is 1. The van der Waals surface area contributed by atoms with E-state index in [0.717, 1.165) is 31.1 Å². The fraction of sp³-hybridized carbons (Fsp3) is 0.407. The molecule has 0 amide bonds. The zero-order valence-corrected chi connectivity index (χ0v) is 21.6. The number of nitrogens with zero attached hydrogens (tertiary/aromatic N) is 1. The van der Waals surface area contributed by atoms with Crippen LogP contribution in [-0.2, 0) is 32.3 Å². The Labute approximate surface area is 210 Å². The van der Waals surface area contributed by atoms with Crippen LogP contribution in [0.3, 0.4) is 0 Å². The average molecular weight is 518 g/mol. The number of pyridine rings is 1. The van der Waals surface area contributed by atoms with E-state index in [0.29, 0.717) is 28.5 Å². The van der Waals surface area contributed by atoms with Gasteiger partial charge in [-0.05, 0) is 73.4 Å². The molecule has 0 aliphatic heterocycles. The van der Waals surface area contributed by atoms with Crippen LogP contribution in [0.15, 0.2) is 53.5 Å². The first-order valence-corrected chi connectivity index (χ1v) is 13.7. The molecule has 0 bridgehead atoms. The molecule has 0 saturated heterocycles. The van der Waals surface area contributed by atoms with Crippen LogP contribution in [0.1, 0.15) is 31.7 Å². The monoisotopic (exact) mass is 517 g/mol. The number of Topliss-reactive ketones (excluding diaryl/α,β-unsaturated/α-hetero) is 1. The lowest BCUT2D eigenvalue weighted by atomic mass is 9.98. The van der Waals surface area contributed by atoms with E-state index in [1.807, 2.05) is 6.07 Å². The number of ether oxygens (including phenoxy) is 1. The van der Waals surface area contributed by atoms with Gasteiger partial charge in [-0.3, -0.25) is 9.59 Å². The van der Waals surface area contributed by atoms with E-state index in [1.165, 1.54) is 23.8 Å². The van der Waals surface area contributed by atoms with Crippen LogP contribution in [0, 0.1) is 5.82 Å². The quantitative estimate of drug-likeness (QED) is 0.369. The molecule has 1 N–H and O–H groups in total. The molecule has 3 aromatic rings. The lowest BCUT2D eigenvalue weighted by Crippen LogP contribution is -2.46. The Kier molecular flexibility index (Phi) is 8.81. The summed E-state index contributed by atoms with van der Waals surface area (Å²) in [6, 6.07) is 11.9. The number of sulfone groups is 1. The minimum atomic E-state index is -3.82. The Morgan fingerprint density at radius 3 is 2.53 bits per heavy atom. The van der Waals surface area contributed by atoms with Crippen molar-refractivity contribution in [1.29, 1.82) is 0 Å². The number of fused-ring (bicyclic) bond motifs is 1. The normalized spacial score (nSPS) is 13.6. The van der Waals surface area contributed by atoms with Crippen molar-refractivity contribution in [3.8, 4) is 11.1 Å². The molecule has 0 aliphatic rings. The van der Waals surface area contributed by atoms with Gasteiger partial charge in [-0.15, -0.1) is 0 Å². The van der Waals surface area contributed by atoms with Gasteiger partial charge in [0.2, 0.25) is 0 Å². The molecule has 9 heteroatoms. The Balaban J connectivity index is 1.84. The van der Waals surface area contributed by atoms with Gasteiger partial charge in [0.25, 0.3) is 5.56 Å². The third-order valence-electron chi connectivity index (χ3n) is 6.77. The molecular formula is C27H32FNO6S. The predicted octanol–water partition coefficient (Wildman–Crippen LogP) is 3.53. The predicted molar refractivity (Wildman–Crippen MR) is 138 cm³/mol. The summed E-state index contributed by atoms with van der Waals surface area (Å²) in [6.45, 7) is 1.02. The van der Waals surface area contributed by atoms with Crippen molar-refractivity contribution in [2.24, 2.45) is 0 Å². The van der Waals surface area contributed by atoms with Crippen LogP contribution in [-0.4, -0.2) is 55.2 Å². The van der Waals surface area contributed by atoms with Gasteiger partial charge in [0, 0.05) is 43.7 Å². The van der Waals surface area contributed by atoms with Gasteiger partial charge in [0.05, 0.1) is 0 Å². The van der Waals surface area contributed by atoms with Crippen molar-refractivity contribution >= 4 is 26.4 Å². The van der Waals surface area contributed by atoms with Crippen LogP contribution in [0.4, 0.5) is 4.39 Å². The van der Waals surface area contributed by atoms with Gasteiger partial charge in [0.1, 0.15) is 17.2 Å². The molecule has 3 rings (SSSR count). The maximum absolute atomic E-state index is 14.9. The van der Waals surface area contributed by atoms with Gasteiger partial charge in [-0.2, -0.15) is 0 Å². The van der Waals surface area contributed by atoms with E-state index in [4.69, 9.17) is 4.74 Å². The van der Waals surface area contributed by atoms with Crippen LogP contribution < -0.4 is 5.56 Å². The summed E-state index contributed by atoms with van der Waals surface area (Å²) >= 11 is 0. The molecule has 0 saturated carbocycles. The number of aryl methyl sites for hydroxylation is 2. The Morgan fingerprint density at radius 1 is 1.14 bits per heavy atom. The van der Waals surface area contributed by atoms with Gasteiger partial charge < -0.3 is 14.4 Å². The van der Waals surface area contributed by atoms with Gasteiger partial charge in [-0.1, -0.05) is 18.2 Å². The molecule has 7 nitrogen and oxygen atoms in total. The topological polar surface area (TPSA) is 103 Å². The fourth-order valence-electron chi connectivity index (χ4n) is 4.19. The number of carbonyl (C=O) groups excluding carboxylic acids is 1. The lowest BCUT2D eigenvalue weighted by molar-refractivity contribution is -0.124. The largest absolute Gasteiger partial charge is 0.389 e. The number of aliphatic hydroxyl groups excluding tert-OH is 1. The van der Waals surface area contributed by atoms with E-state index in [-0.39, 0.29) is 24.3 Å². The summed E-state index contributed by atoms with van der Waals surface area (Å²) in [5.74, 6) is -1.15. The zero-order valence-electron chi connectivity index (χ0n) is 20.8. The van der Waals surface area contributed by atoms with Crippen molar-refractivity contribution in [2.45, 2.75) is 43.9 Å². The van der Waals surface area contributed by atoms with E-state index in [1.54, 1.807) is 37.4 Å². The Hall–Kier alpha value is -2.88. The van der Waals surface area contributed by atoms with E-state index < -0.39 is 27.0 Å². The Bertz CT molecular complexity index is 1420. The number of unbranched alkanes of at least 4 members (excludes halogenated alkanes) is 1. The van der Waals surface area contributed by atoms with Crippen LogP contribution >= 0.6 is 0 Å². The Morgan fingerprint density at radius 2 is 1.89 bits per heavy atom. The number of hydrogen-bond acceptors (Lipinski definition) is 6. The van der Waals surface area contributed by atoms with Crippen LogP contribution in [0.2, 0.25) is 0 Å². The first-order chi connectivity index (χ1) is 17.0. The number of ketones is 1. The van der Waals surface area contributed by atoms with Crippen molar-refractivity contribution < 1.29 is 27.4 Å². The maximum Gasteiger partial charge on any atom is 0.258 e. The summed E-state index contributed by atoms with van der Waals surface area (Å²) in [4.78, 5) is 25.2. The smallest absolute Gasteiger partial charge is 0.258 e. The van der Waals surface area contributed by atoms with Crippen molar-refractivity contribution in [3.63, 3.8) is 0 Å². The fourth-order valence-corrected chi connectivity index (χ4v) is 5.13. The second-order valence-electron chi connectivity index (χ2n) is 9.21. The zero-order chi connectivity index (χ0) is 26.5. The SMILES string of the molecule is COCCCCc1ccc(-c2ccc3c(=O)n(CC[C@](C)(C(=O)CO)S(C)(=O)=O)ccc3c2)c(F)c1. The van der Waals surface area contributed by atoms with Crippen molar-refractivity contribution in [3.05, 3.63) is 70.4 Å². The van der Waals surface area contributed by atoms with Gasteiger partial charge in [0.15, 0.2) is 15.6 Å². The molecule has 194 valence electrons. The molecule has 0 aliphatic carbocycles. The first-order valence-electron chi connectivity index (χ1n) is 11.8. The number of hydrogen-bond donors (Lipinski definition) is 1. The molecule has 0 spiro atoms. The highest BCUT2D eigenvalue weighted by Crippen LogP contribution is 2.27. The first kappa shape index (κ1) is 27.7. The van der Waals surface area contributed by atoms with E-state index >= 15 is 0 Å². The van der Waals surface area contributed by atoms with E-state index in [2.05, 4.69) is 0 Å². The molecule has 2 aromatic carbocycles. The average Bonchev–Trinajstić information content (AvgIpc) is 2.84. The summed E-state index contributed by atoms with van der Waals surface area (Å²) < 4.78 is 43.9. The van der Waals surface area contributed by atoms with E-state index in [9.17, 15) is 27.5 Å². The third-order valence-corrected chi connectivity index (χ3v) is 8.84. The summed E-state index contributed by atoms with van der Waals surface area (Å²) in [6.07, 6.45) is 4.90. The highest BCUT2D eigenvalue weighted by atomic mass is 32.2. The number of rotatable bonds is 12. The number of benzene rings is 2. The molecule has 0 radical (unpaired) electrons. The summed E-state index contributed by atoms with van der Waals surface area (Å²) in [5.41, 5.74) is 1.64. The number of methoxy groups -OCH3 is 1. The maximum atomic E-state index is 14.9. The third kappa shape index (κ3) is 5.91. The van der Waals surface area contributed by atoms with Gasteiger partial charge in [-0.25, -0.2) is 12.8 Å². The summed E-state index contributed by atoms with van der Waals surface area (Å²) in [7, 11) is -2.16. The molecule has 1 heterocycles. The number of halogens is 1. The van der Waals surface area contributed by atoms with Crippen LogP contribution in [0.25, 0.3) is 21.9 Å². The highest BCUT2D eigenvalue weighted by molar-refractivity contribution is 7.92. The van der Waals surface area contributed by atoms with Crippen LogP contribution in [0.5, 0.6) is 0 Å². The highest BCUT2D eigenvalue weighted by Gasteiger charge is 2.42. The van der Waals surface area contributed by atoms with Crippen molar-refractivity contribution in [1.82, 2.24) is 4.57 Å². The molecule has 0 unspecified atom stereocenters. The van der Waals surface area contributed by atoms with Crippen molar-refractivity contribution in [2.75, 3.05) is 26.6 Å². The molecule has 0 fully saturated rings. The standard InChI is InChI=1S/C27H32FNO6S/c1-27(25(31)18-30,36(3,33)34)12-14-29-13-11-21-17-20(8-10-23(21)26(29)32)22-9-7-19(16-24(22)28)6-4-5-15-35-2/h7-11,13,16-17,30H,4-6,12,14-15,18H2,1-3H3/t27-/m1/s1. The molecular weight excluding hydrogens is 485 g/mol. The van der Waals surface area contributed by atoms with Gasteiger partial charge >= 0.3 is 0 Å². The second kappa shape index (κ2) is 11.5. The second-order valence-corrected chi connectivity index (χ2v) is 11.7.